The molecule has 0 radical (unpaired) electrons. The van der Waals surface area contributed by atoms with Crippen molar-refractivity contribution in [2.45, 2.75) is 31.4 Å². The highest BCUT2D eigenvalue weighted by Gasteiger charge is 2.39. The topological polar surface area (TPSA) is 50.8 Å². The predicted molar refractivity (Wildman–Crippen MR) is 116 cm³/mol. The first-order chi connectivity index (χ1) is 14.0. The third-order valence-corrected chi connectivity index (χ3v) is 5.99. The summed E-state index contributed by atoms with van der Waals surface area (Å²) >= 11 is 0. The fourth-order valence-electron chi connectivity index (χ4n) is 4.02. The molecule has 1 saturated heterocycles. The summed E-state index contributed by atoms with van der Waals surface area (Å²) < 4.78 is 11.1. The highest BCUT2D eigenvalue weighted by Crippen LogP contribution is 2.29. The first-order valence-electron chi connectivity index (χ1n) is 10.3. The van der Waals surface area contributed by atoms with Crippen LogP contribution in [0.3, 0.4) is 0 Å². The number of carbonyl (C=O) groups excluding carboxylic acids is 1. The van der Waals surface area contributed by atoms with Gasteiger partial charge < -0.3 is 14.8 Å². The van der Waals surface area contributed by atoms with Crippen molar-refractivity contribution in [2.24, 2.45) is 0 Å². The van der Waals surface area contributed by atoms with Gasteiger partial charge in [0.2, 0.25) is 0 Å². The van der Waals surface area contributed by atoms with Gasteiger partial charge in [0.1, 0.15) is 5.75 Å². The standard InChI is InChI=1S/C24H32N2O3/c1-5-24(26(2)3,16-18-6-12-21(28-4)13-7-18)23(27)20-10-8-19(9-11-20)22-17-25-14-15-29-22/h6-13,22,25H,5,14-17H2,1-4H3. The first-order valence-corrected chi connectivity index (χ1v) is 10.3. The molecule has 1 aliphatic heterocycles. The maximum absolute atomic E-state index is 13.6. The van der Waals surface area contributed by atoms with Crippen molar-refractivity contribution >= 4 is 5.78 Å². The van der Waals surface area contributed by atoms with Gasteiger partial charge in [0, 0.05) is 18.7 Å². The molecular formula is C24H32N2O3. The Labute approximate surface area is 174 Å². The van der Waals surface area contributed by atoms with Crippen molar-refractivity contribution in [2.75, 3.05) is 40.9 Å². The summed E-state index contributed by atoms with van der Waals surface area (Å²) in [5, 5.41) is 3.35. The Hall–Kier alpha value is -2.21. The average molecular weight is 397 g/mol. The molecule has 1 heterocycles. The van der Waals surface area contributed by atoms with Crippen molar-refractivity contribution < 1.29 is 14.3 Å². The van der Waals surface area contributed by atoms with Crippen LogP contribution in [0.25, 0.3) is 0 Å². The number of morpholine rings is 1. The van der Waals surface area contributed by atoms with E-state index in [1.165, 1.54) is 0 Å². The van der Waals surface area contributed by atoms with Crippen molar-refractivity contribution in [3.63, 3.8) is 0 Å². The van der Waals surface area contributed by atoms with Crippen molar-refractivity contribution in [3.8, 4) is 5.75 Å². The summed E-state index contributed by atoms with van der Waals surface area (Å²) in [7, 11) is 5.63. The number of nitrogens with one attached hydrogen (secondary N) is 1. The first kappa shape index (κ1) is 21.5. The lowest BCUT2D eigenvalue weighted by Crippen LogP contribution is -2.52. The van der Waals surface area contributed by atoms with E-state index in [9.17, 15) is 4.79 Å². The molecule has 1 aliphatic rings. The zero-order chi connectivity index (χ0) is 20.9. The number of benzene rings is 2. The van der Waals surface area contributed by atoms with Gasteiger partial charge in [-0.15, -0.1) is 0 Å². The largest absolute Gasteiger partial charge is 0.497 e. The van der Waals surface area contributed by atoms with Crippen LogP contribution in [-0.2, 0) is 11.2 Å². The zero-order valence-corrected chi connectivity index (χ0v) is 17.9. The molecule has 2 unspecified atom stereocenters. The van der Waals surface area contributed by atoms with Gasteiger partial charge in [-0.3, -0.25) is 9.69 Å². The van der Waals surface area contributed by atoms with Gasteiger partial charge >= 0.3 is 0 Å². The molecule has 156 valence electrons. The van der Waals surface area contributed by atoms with E-state index in [1.807, 2.05) is 62.6 Å². The Bertz CT molecular complexity index is 796. The highest BCUT2D eigenvalue weighted by atomic mass is 16.5. The smallest absolute Gasteiger partial charge is 0.183 e. The molecule has 5 nitrogen and oxygen atoms in total. The third kappa shape index (κ3) is 4.69. The minimum atomic E-state index is -0.598. The van der Waals surface area contributed by atoms with Crippen LogP contribution in [0.1, 0.15) is 40.9 Å². The summed E-state index contributed by atoms with van der Waals surface area (Å²) in [6.45, 7) is 4.49. The van der Waals surface area contributed by atoms with Gasteiger partial charge in [0.15, 0.2) is 5.78 Å². The van der Waals surface area contributed by atoms with Gasteiger partial charge in [-0.2, -0.15) is 0 Å². The molecule has 29 heavy (non-hydrogen) atoms. The summed E-state index contributed by atoms with van der Waals surface area (Å²) in [5.41, 5.74) is 2.37. The second-order valence-corrected chi connectivity index (χ2v) is 7.82. The summed E-state index contributed by atoms with van der Waals surface area (Å²) in [6, 6.07) is 15.9. The highest BCUT2D eigenvalue weighted by molar-refractivity contribution is 6.03. The monoisotopic (exact) mass is 396 g/mol. The molecule has 2 aromatic rings. The molecular weight excluding hydrogens is 364 g/mol. The lowest BCUT2D eigenvalue weighted by Gasteiger charge is -2.38. The average Bonchev–Trinajstić information content (AvgIpc) is 2.78. The summed E-state index contributed by atoms with van der Waals surface area (Å²) in [6.07, 6.45) is 1.43. The second-order valence-electron chi connectivity index (χ2n) is 7.82. The normalized spacial score (nSPS) is 19.0. The lowest BCUT2D eigenvalue weighted by atomic mass is 9.80. The maximum atomic E-state index is 13.6. The van der Waals surface area contributed by atoms with Gasteiger partial charge in [0.05, 0.1) is 25.4 Å². The Morgan fingerprint density at radius 3 is 2.38 bits per heavy atom. The minimum absolute atomic E-state index is 0.0528. The molecule has 1 fully saturated rings. The third-order valence-electron chi connectivity index (χ3n) is 5.99. The molecule has 5 heteroatoms. The Morgan fingerprint density at radius 1 is 1.17 bits per heavy atom. The molecule has 3 rings (SSSR count). The summed E-state index contributed by atoms with van der Waals surface area (Å²) in [4.78, 5) is 15.7. The van der Waals surface area contributed by atoms with E-state index >= 15 is 0 Å². The number of nitrogens with zero attached hydrogens (tertiary/aromatic N) is 1. The van der Waals surface area contributed by atoms with Gasteiger partial charge in [0.25, 0.3) is 0 Å². The number of ketones is 1. The van der Waals surface area contributed by atoms with Crippen LogP contribution < -0.4 is 10.1 Å². The van der Waals surface area contributed by atoms with E-state index in [1.54, 1.807) is 7.11 Å². The van der Waals surface area contributed by atoms with Gasteiger partial charge in [-0.1, -0.05) is 43.3 Å². The summed E-state index contributed by atoms with van der Waals surface area (Å²) in [5.74, 6) is 0.970. The number of carbonyl (C=O) groups is 1. The van der Waals surface area contributed by atoms with Crippen molar-refractivity contribution in [3.05, 3.63) is 65.2 Å². The van der Waals surface area contributed by atoms with Crippen molar-refractivity contribution in [1.82, 2.24) is 10.2 Å². The number of methoxy groups -OCH3 is 1. The predicted octanol–water partition coefficient (Wildman–Crippen LogP) is 3.49. The molecule has 0 aromatic heterocycles. The lowest BCUT2D eigenvalue weighted by molar-refractivity contribution is 0.0277. The SMILES string of the molecule is CCC(Cc1ccc(OC)cc1)(C(=O)c1ccc(C2CNCCO2)cc1)N(C)C. The fraction of sp³-hybridized carbons (Fsp3) is 0.458. The van der Waals surface area contributed by atoms with E-state index < -0.39 is 5.54 Å². The molecule has 2 atom stereocenters. The maximum Gasteiger partial charge on any atom is 0.183 e. The molecule has 1 N–H and O–H groups in total. The van der Waals surface area contributed by atoms with Crippen LogP contribution in [0.5, 0.6) is 5.75 Å². The van der Waals surface area contributed by atoms with Crippen LogP contribution >= 0.6 is 0 Å². The van der Waals surface area contributed by atoms with Crippen LogP contribution in [0.4, 0.5) is 0 Å². The molecule has 2 aromatic carbocycles. The molecule has 0 bridgehead atoms. The Kier molecular flexibility index (Phi) is 7.06. The number of Topliss-reactive ketones (excluding diaryl/α,β-unsaturated/α-hetero) is 1. The second kappa shape index (κ2) is 9.53. The van der Waals surface area contributed by atoms with E-state index in [2.05, 4.69) is 17.1 Å². The molecule has 0 aliphatic carbocycles. The van der Waals surface area contributed by atoms with E-state index in [0.29, 0.717) is 13.0 Å². The van der Waals surface area contributed by atoms with E-state index in [4.69, 9.17) is 9.47 Å². The van der Waals surface area contributed by atoms with Crippen molar-refractivity contribution in [1.29, 1.82) is 0 Å². The van der Waals surface area contributed by atoms with Crippen LogP contribution in [0, 0.1) is 0 Å². The van der Waals surface area contributed by atoms with E-state index in [-0.39, 0.29) is 11.9 Å². The number of likely N-dealkylation sites (N-methyl/N-ethyl adjacent to an activating group) is 1. The number of ether oxygens (including phenoxy) is 2. The molecule has 0 spiro atoms. The van der Waals surface area contributed by atoms with Crippen LogP contribution in [0.2, 0.25) is 0 Å². The van der Waals surface area contributed by atoms with Crippen LogP contribution in [0.15, 0.2) is 48.5 Å². The van der Waals surface area contributed by atoms with E-state index in [0.717, 1.165) is 42.0 Å². The quantitative estimate of drug-likeness (QED) is 0.692. The van der Waals surface area contributed by atoms with Gasteiger partial charge in [-0.25, -0.2) is 0 Å². The number of hydrogen-bond donors (Lipinski definition) is 1. The fourth-order valence-corrected chi connectivity index (χ4v) is 4.02. The van der Waals surface area contributed by atoms with Crippen LogP contribution in [-0.4, -0.2) is 57.1 Å². The van der Waals surface area contributed by atoms with Gasteiger partial charge in [-0.05, 0) is 50.2 Å². The zero-order valence-electron chi connectivity index (χ0n) is 17.9. The molecule has 0 amide bonds. The Morgan fingerprint density at radius 2 is 1.86 bits per heavy atom. The Balaban J connectivity index is 1.84. The number of hydrogen-bond acceptors (Lipinski definition) is 5. The number of rotatable bonds is 8. The minimum Gasteiger partial charge on any atom is -0.497 e. The molecule has 0 saturated carbocycles.